The van der Waals surface area contributed by atoms with Crippen LogP contribution in [-0.4, -0.2) is 72.6 Å². The van der Waals surface area contributed by atoms with E-state index in [0.717, 1.165) is 38.2 Å². The van der Waals surface area contributed by atoms with Gasteiger partial charge in [0.05, 0.1) is 6.54 Å². The Morgan fingerprint density at radius 2 is 1.78 bits per heavy atom. The third-order valence-electron chi connectivity index (χ3n) is 5.66. The molecule has 1 saturated carbocycles. The maximum absolute atomic E-state index is 12.8. The third kappa shape index (κ3) is 7.43. The summed E-state index contributed by atoms with van der Waals surface area (Å²) >= 11 is 0. The molecule has 32 heavy (non-hydrogen) atoms. The Bertz CT molecular complexity index is 794. The Kier molecular flexibility index (Phi) is 7.99. The van der Waals surface area contributed by atoms with Crippen LogP contribution in [0.2, 0.25) is 0 Å². The van der Waals surface area contributed by atoms with Crippen LogP contribution in [0.25, 0.3) is 0 Å². The number of carbonyl (C=O) groups is 2. The molecule has 1 heterocycles. The van der Waals surface area contributed by atoms with E-state index in [0.29, 0.717) is 11.9 Å². The van der Waals surface area contributed by atoms with Gasteiger partial charge in [0.25, 0.3) is 0 Å². The minimum absolute atomic E-state index is 0.118. The highest BCUT2D eigenvalue weighted by atomic mass is 16.6. The van der Waals surface area contributed by atoms with Gasteiger partial charge in [0, 0.05) is 38.4 Å². The smallest absolute Gasteiger partial charge is 0.410 e. The zero-order chi connectivity index (χ0) is 23.1. The number of anilines is 1. The molecule has 2 amide bonds. The molecule has 8 nitrogen and oxygen atoms in total. The molecule has 0 aromatic heterocycles. The topological polar surface area (TPSA) is 86.3 Å². The van der Waals surface area contributed by atoms with Gasteiger partial charge in [0.2, 0.25) is 5.91 Å². The monoisotopic (exact) mass is 443 g/mol. The Morgan fingerprint density at radius 1 is 1.12 bits per heavy atom. The molecular formula is C24H37N5O3. The third-order valence-corrected chi connectivity index (χ3v) is 5.66. The molecule has 176 valence electrons. The Balaban J connectivity index is 1.49. The van der Waals surface area contributed by atoms with Crippen molar-refractivity contribution in [3.63, 3.8) is 0 Å². The van der Waals surface area contributed by atoms with E-state index in [9.17, 15) is 9.59 Å². The second-order valence-electron chi connectivity index (χ2n) is 9.61. The Hall–Kier alpha value is -2.77. The summed E-state index contributed by atoms with van der Waals surface area (Å²) in [7, 11) is 1.73. The van der Waals surface area contributed by atoms with E-state index < -0.39 is 5.60 Å². The first-order valence-electron chi connectivity index (χ1n) is 11.6. The fraction of sp³-hybridized carbons (Fsp3) is 0.625. The number of amides is 2. The van der Waals surface area contributed by atoms with Gasteiger partial charge in [-0.1, -0.05) is 18.2 Å². The van der Waals surface area contributed by atoms with Crippen LogP contribution in [-0.2, 0) is 9.53 Å². The van der Waals surface area contributed by atoms with Gasteiger partial charge in [-0.25, -0.2) is 4.79 Å². The van der Waals surface area contributed by atoms with Crippen molar-refractivity contribution in [2.45, 2.75) is 58.1 Å². The van der Waals surface area contributed by atoms with E-state index in [1.165, 1.54) is 12.8 Å². The summed E-state index contributed by atoms with van der Waals surface area (Å²) in [4.78, 5) is 33.5. The fourth-order valence-electron chi connectivity index (χ4n) is 3.88. The van der Waals surface area contributed by atoms with Crippen molar-refractivity contribution in [3.8, 4) is 0 Å². The van der Waals surface area contributed by atoms with Gasteiger partial charge >= 0.3 is 6.09 Å². The molecule has 0 radical (unpaired) electrons. The number of para-hydroxylation sites is 1. The average Bonchev–Trinajstić information content (AvgIpc) is 3.57. The minimum atomic E-state index is -0.494. The highest BCUT2D eigenvalue weighted by Gasteiger charge is 2.35. The highest BCUT2D eigenvalue weighted by Crippen LogP contribution is 2.32. The summed E-state index contributed by atoms with van der Waals surface area (Å²) in [5, 5.41) is 6.03. The second kappa shape index (κ2) is 10.7. The van der Waals surface area contributed by atoms with E-state index in [-0.39, 0.29) is 24.6 Å². The van der Waals surface area contributed by atoms with E-state index >= 15 is 0 Å². The summed E-state index contributed by atoms with van der Waals surface area (Å²) in [6, 6.07) is 9.56. The van der Waals surface area contributed by atoms with Crippen molar-refractivity contribution in [2.24, 2.45) is 10.9 Å². The van der Waals surface area contributed by atoms with Crippen LogP contribution in [0.5, 0.6) is 0 Å². The van der Waals surface area contributed by atoms with Crippen LogP contribution in [0.15, 0.2) is 35.3 Å². The molecule has 2 N–H and O–H groups in total. The fourth-order valence-corrected chi connectivity index (χ4v) is 3.88. The number of benzene rings is 1. The number of hydrogen-bond acceptors (Lipinski definition) is 4. The molecule has 1 aliphatic carbocycles. The first-order valence-corrected chi connectivity index (χ1v) is 11.6. The summed E-state index contributed by atoms with van der Waals surface area (Å²) in [5.41, 5.74) is 0.277. The number of nitrogens with one attached hydrogen (secondary N) is 2. The van der Waals surface area contributed by atoms with Crippen molar-refractivity contribution >= 4 is 23.6 Å². The minimum Gasteiger partial charge on any atom is -0.444 e. The van der Waals surface area contributed by atoms with Gasteiger partial charge in [0.15, 0.2) is 5.96 Å². The number of rotatable bonds is 6. The molecule has 0 unspecified atom stereocenters. The summed E-state index contributed by atoms with van der Waals surface area (Å²) in [6.45, 7) is 8.20. The Morgan fingerprint density at radius 3 is 2.34 bits per heavy atom. The Labute approximate surface area is 191 Å². The average molecular weight is 444 g/mol. The summed E-state index contributed by atoms with van der Waals surface area (Å²) in [5.74, 6) is 1.20. The van der Waals surface area contributed by atoms with Crippen LogP contribution in [0.1, 0.15) is 46.5 Å². The predicted octanol–water partition coefficient (Wildman–Crippen LogP) is 3.31. The molecule has 1 saturated heterocycles. The number of likely N-dealkylation sites (tertiary alicyclic amines) is 1. The van der Waals surface area contributed by atoms with Crippen LogP contribution < -0.4 is 10.6 Å². The van der Waals surface area contributed by atoms with Crippen LogP contribution in [0.4, 0.5) is 10.5 Å². The van der Waals surface area contributed by atoms with E-state index in [2.05, 4.69) is 20.5 Å². The van der Waals surface area contributed by atoms with Crippen molar-refractivity contribution in [3.05, 3.63) is 30.3 Å². The lowest BCUT2D eigenvalue weighted by Crippen LogP contribution is -2.53. The largest absolute Gasteiger partial charge is 0.444 e. The van der Waals surface area contributed by atoms with Crippen molar-refractivity contribution in [1.29, 1.82) is 0 Å². The first-order chi connectivity index (χ1) is 15.2. The number of carbonyl (C=O) groups excluding carboxylic acids is 2. The molecule has 2 aliphatic rings. The van der Waals surface area contributed by atoms with E-state index in [1.54, 1.807) is 7.05 Å². The normalized spacial score (nSPS) is 17.6. The van der Waals surface area contributed by atoms with Crippen molar-refractivity contribution < 1.29 is 14.3 Å². The molecule has 8 heteroatoms. The van der Waals surface area contributed by atoms with Gasteiger partial charge in [0.1, 0.15) is 5.60 Å². The predicted molar refractivity (Wildman–Crippen MR) is 127 cm³/mol. The molecule has 2 fully saturated rings. The summed E-state index contributed by atoms with van der Waals surface area (Å²) < 4.78 is 5.68. The molecule has 0 bridgehead atoms. The quantitative estimate of drug-likeness (QED) is 0.520. The zero-order valence-electron chi connectivity index (χ0n) is 19.8. The zero-order valence-corrected chi connectivity index (χ0v) is 19.8. The molecule has 3 rings (SSSR count). The van der Waals surface area contributed by atoms with Gasteiger partial charge < -0.3 is 25.2 Å². The van der Waals surface area contributed by atoms with Gasteiger partial charge in [-0.15, -0.1) is 0 Å². The molecule has 1 aliphatic heterocycles. The number of hydrogen-bond donors (Lipinski definition) is 2. The maximum Gasteiger partial charge on any atom is 0.410 e. The van der Waals surface area contributed by atoms with Crippen molar-refractivity contribution in [1.82, 2.24) is 15.1 Å². The first kappa shape index (κ1) is 23.9. The maximum atomic E-state index is 12.8. The lowest BCUT2D eigenvalue weighted by atomic mass is 10.0. The summed E-state index contributed by atoms with van der Waals surface area (Å²) in [6.07, 6.45) is 3.88. The number of aliphatic imine (C=N–C) groups is 1. The number of nitrogens with zero attached hydrogens (tertiary/aromatic N) is 3. The van der Waals surface area contributed by atoms with Gasteiger partial charge in [-0.2, -0.15) is 0 Å². The second-order valence-corrected chi connectivity index (χ2v) is 9.61. The van der Waals surface area contributed by atoms with E-state index in [1.807, 2.05) is 56.0 Å². The van der Waals surface area contributed by atoms with Gasteiger partial charge in [-0.3, -0.25) is 9.79 Å². The molecule has 1 aromatic rings. The molecular weight excluding hydrogens is 406 g/mol. The number of guanidine groups is 1. The van der Waals surface area contributed by atoms with Crippen LogP contribution in [0.3, 0.4) is 0 Å². The molecule has 0 atom stereocenters. The number of piperidine rings is 1. The van der Waals surface area contributed by atoms with E-state index in [4.69, 9.17) is 4.74 Å². The SMILES string of the molecule is CN=C(NCC(=O)Nc1ccccc1)N1CCC(N(CC2CC2)C(=O)OC(C)(C)C)CC1. The van der Waals surface area contributed by atoms with Gasteiger partial charge in [-0.05, 0) is 64.5 Å². The molecule has 1 aromatic carbocycles. The van der Waals surface area contributed by atoms with Crippen LogP contribution in [0, 0.1) is 5.92 Å². The standard InChI is InChI=1S/C24H37N5O3/c1-24(2,3)32-23(31)29(17-18-10-11-18)20-12-14-28(15-13-20)22(25-4)26-16-21(30)27-19-8-6-5-7-9-19/h5-9,18,20H,10-17H2,1-4H3,(H,25,26)(H,27,30). The lowest BCUT2D eigenvalue weighted by molar-refractivity contribution is -0.115. The number of ether oxygens (including phenoxy) is 1. The lowest BCUT2D eigenvalue weighted by Gasteiger charge is -2.40. The van der Waals surface area contributed by atoms with Crippen molar-refractivity contribution in [2.75, 3.05) is 38.5 Å². The van der Waals surface area contributed by atoms with Crippen LogP contribution >= 0.6 is 0 Å². The molecule has 0 spiro atoms. The highest BCUT2D eigenvalue weighted by molar-refractivity contribution is 5.95.